The van der Waals surface area contributed by atoms with Crippen molar-refractivity contribution in [3.05, 3.63) is 12.2 Å². The van der Waals surface area contributed by atoms with Gasteiger partial charge in [0.25, 0.3) is 0 Å². The van der Waals surface area contributed by atoms with Crippen molar-refractivity contribution in [2.75, 3.05) is 32.7 Å². The molecular weight excluding hydrogens is 172 g/mol. The van der Waals surface area contributed by atoms with E-state index in [-0.39, 0.29) is 0 Å². The van der Waals surface area contributed by atoms with Crippen LogP contribution >= 0.6 is 0 Å². The van der Waals surface area contributed by atoms with Crippen LogP contribution in [0.15, 0.2) is 12.2 Å². The molecule has 1 saturated heterocycles. The van der Waals surface area contributed by atoms with E-state index in [9.17, 15) is 0 Å². The molecule has 0 aromatic heterocycles. The Morgan fingerprint density at radius 2 is 2.29 bits per heavy atom. The van der Waals surface area contributed by atoms with Crippen molar-refractivity contribution < 1.29 is 0 Å². The van der Waals surface area contributed by atoms with Gasteiger partial charge in [-0.2, -0.15) is 0 Å². The highest BCUT2D eigenvalue weighted by atomic mass is 15.1. The molecule has 0 aromatic rings. The molecular formula is C12H22N2. The average molecular weight is 194 g/mol. The highest BCUT2D eigenvalue weighted by Gasteiger charge is 2.12. The van der Waals surface area contributed by atoms with Crippen LogP contribution in [0.4, 0.5) is 0 Å². The van der Waals surface area contributed by atoms with Gasteiger partial charge in [0, 0.05) is 13.1 Å². The van der Waals surface area contributed by atoms with Gasteiger partial charge >= 0.3 is 0 Å². The minimum absolute atomic E-state index is 0.881. The first-order valence-electron chi connectivity index (χ1n) is 6.05. The van der Waals surface area contributed by atoms with E-state index in [1.165, 1.54) is 58.4 Å². The molecule has 1 heterocycles. The molecule has 14 heavy (non-hydrogen) atoms. The summed E-state index contributed by atoms with van der Waals surface area (Å²) in [5, 5.41) is 3.45. The van der Waals surface area contributed by atoms with Crippen LogP contribution in [0.3, 0.4) is 0 Å². The lowest BCUT2D eigenvalue weighted by atomic mass is 10.1. The highest BCUT2D eigenvalue weighted by Crippen LogP contribution is 2.20. The molecule has 0 aromatic carbocycles. The second-order valence-corrected chi connectivity index (χ2v) is 4.50. The monoisotopic (exact) mass is 194 g/mol. The van der Waals surface area contributed by atoms with E-state index in [2.05, 4.69) is 22.4 Å². The summed E-state index contributed by atoms with van der Waals surface area (Å²) in [6.45, 7) is 6.23. The van der Waals surface area contributed by atoms with Crippen molar-refractivity contribution in [1.82, 2.24) is 10.2 Å². The van der Waals surface area contributed by atoms with Crippen LogP contribution in [0.5, 0.6) is 0 Å². The largest absolute Gasteiger partial charge is 0.315 e. The quantitative estimate of drug-likeness (QED) is 0.687. The highest BCUT2D eigenvalue weighted by molar-refractivity contribution is 4.96. The van der Waals surface area contributed by atoms with E-state index < -0.39 is 0 Å². The maximum Gasteiger partial charge on any atom is 0.0107 e. The summed E-state index contributed by atoms with van der Waals surface area (Å²) in [5.74, 6) is 0.881. The van der Waals surface area contributed by atoms with E-state index in [1.54, 1.807) is 0 Å². The third-order valence-electron chi connectivity index (χ3n) is 3.36. The van der Waals surface area contributed by atoms with Crippen LogP contribution in [0, 0.1) is 5.92 Å². The van der Waals surface area contributed by atoms with E-state index in [4.69, 9.17) is 0 Å². The fourth-order valence-electron chi connectivity index (χ4n) is 2.41. The zero-order valence-corrected chi connectivity index (χ0v) is 9.04. The predicted molar refractivity (Wildman–Crippen MR) is 60.4 cm³/mol. The lowest BCUT2D eigenvalue weighted by Crippen LogP contribution is -2.29. The Morgan fingerprint density at radius 3 is 3.14 bits per heavy atom. The number of allylic oxidation sites excluding steroid dienone is 2. The van der Waals surface area contributed by atoms with Gasteiger partial charge in [-0.3, -0.25) is 0 Å². The Hall–Kier alpha value is -0.340. The van der Waals surface area contributed by atoms with Gasteiger partial charge in [-0.15, -0.1) is 0 Å². The summed E-state index contributed by atoms with van der Waals surface area (Å²) in [6, 6.07) is 0. The van der Waals surface area contributed by atoms with Crippen molar-refractivity contribution in [3.63, 3.8) is 0 Å². The van der Waals surface area contributed by atoms with E-state index >= 15 is 0 Å². The lowest BCUT2D eigenvalue weighted by Gasteiger charge is -2.20. The predicted octanol–water partition coefficient (Wildman–Crippen LogP) is 1.64. The van der Waals surface area contributed by atoms with Gasteiger partial charge in [0.05, 0.1) is 0 Å². The minimum atomic E-state index is 0.881. The lowest BCUT2D eigenvalue weighted by molar-refractivity contribution is 0.275. The van der Waals surface area contributed by atoms with Crippen molar-refractivity contribution in [2.45, 2.75) is 25.7 Å². The molecule has 2 heteroatoms. The first kappa shape index (κ1) is 10.2. The Morgan fingerprint density at radius 1 is 1.29 bits per heavy atom. The van der Waals surface area contributed by atoms with Crippen LogP contribution in [-0.2, 0) is 0 Å². The van der Waals surface area contributed by atoms with Gasteiger partial charge in [-0.05, 0) is 51.2 Å². The molecule has 0 radical (unpaired) electrons. The zero-order valence-electron chi connectivity index (χ0n) is 9.04. The number of rotatable bonds is 3. The van der Waals surface area contributed by atoms with Crippen molar-refractivity contribution in [1.29, 1.82) is 0 Å². The SMILES string of the molecule is C1=CC(CCN2CCCNCC2)CC1. The topological polar surface area (TPSA) is 15.3 Å². The van der Waals surface area contributed by atoms with Crippen LogP contribution in [0.1, 0.15) is 25.7 Å². The maximum absolute atomic E-state index is 3.45. The zero-order chi connectivity index (χ0) is 9.64. The smallest absolute Gasteiger partial charge is 0.0107 e. The fraction of sp³-hybridized carbons (Fsp3) is 0.833. The van der Waals surface area contributed by atoms with Crippen LogP contribution in [0.2, 0.25) is 0 Å². The van der Waals surface area contributed by atoms with Crippen molar-refractivity contribution >= 4 is 0 Å². The normalized spacial score (nSPS) is 29.3. The van der Waals surface area contributed by atoms with Gasteiger partial charge in [0.1, 0.15) is 0 Å². The molecule has 1 atom stereocenters. The molecule has 1 N–H and O–H groups in total. The Labute approximate surface area is 87.4 Å². The second kappa shape index (κ2) is 5.52. The van der Waals surface area contributed by atoms with Gasteiger partial charge < -0.3 is 10.2 Å². The summed E-state index contributed by atoms with van der Waals surface area (Å²) >= 11 is 0. The number of nitrogens with one attached hydrogen (secondary N) is 1. The number of nitrogens with zero attached hydrogens (tertiary/aromatic N) is 1. The third kappa shape index (κ3) is 3.10. The van der Waals surface area contributed by atoms with Gasteiger partial charge in [0.15, 0.2) is 0 Å². The van der Waals surface area contributed by atoms with Crippen LogP contribution < -0.4 is 5.32 Å². The summed E-state index contributed by atoms with van der Waals surface area (Å²) < 4.78 is 0. The molecule has 2 aliphatic rings. The molecule has 1 aliphatic carbocycles. The standard InChI is InChI=1S/C12H22N2/c1-2-5-12(4-1)6-10-14-9-3-7-13-8-11-14/h1,4,12-13H,2-3,5-11H2. The van der Waals surface area contributed by atoms with Gasteiger partial charge in [-0.25, -0.2) is 0 Å². The molecule has 2 rings (SSSR count). The van der Waals surface area contributed by atoms with Crippen LogP contribution in [-0.4, -0.2) is 37.6 Å². The summed E-state index contributed by atoms with van der Waals surface area (Å²) in [4.78, 5) is 2.62. The minimum Gasteiger partial charge on any atom is -0.315 e. The first-order chi connectivity index (χ1) is 6.95. The van der Waals surface area contributed by atoms with Gasteiger partial charge in [-0.1, -0.05) is 12.2 Å². The molecule has 1 aliphatic heterocycles. The first-order valence-corrected chi connectivity index (χ1v) is 6.05. The van der Waals surface area contributed by atoms with Crippen LogP contribution in [0.25, 0.3) is 0 Å². The molecule has 80 valence electrons. The van der Waals surface area contributed by atoms with E-state index in [0.29, 0.717) is 0 Å². The second-order valence-electron chi connectivity index (χ2n) is 4.50. The molecule has 1 unspecified atom stereocenters. The van der Waals surface area contributed by atoms with Crippen molar-refractivity contribution in [2.24, 2.45) is 5.92 Å². The molecule has 0 spiro atoms. The molecule has 0 bridgehead atoms. The summed E-state index contributed by atoms with van der Waals surface area (Å²) in [6.07, 6.45) is 10.2. The Balaban J connectivity index is 1.65. The molecule has 0 saturated carbocycles. The summed E-state index contributed by atoms with van der Waals surface area (Å²) in [7, 11) is 0. The average Bonchev–Trinajstić information content (AvgIpc) is 2.58. The Bertz CT molecular complexity index is 181. The molecule has 2 nitrogen and oxygen atoms in total. The molecule has 0 amide bonds. The van der Waals surface area contributed by atoms with E-state index in [1.807, 2.05) is 0 Å². The summed E-state index contributed by atoms with van der Waals surface area (Å²) in [5.41, 5.74) is 0. The third-order valence-corrected chi connectivity index (χ3v) is 3.36. The number of hydrogen-bond donors (Lipinski definition) is 1. The van der Waals surface area contributed by atoms with Crippen molar-refractivity contribution in [3.8, 4) is 0 Å². The fourth-order valence-corrected chi connectivity index (χ4v) is 2.41. The number of hydrogen-bond acceptors (Lipinski definition) is 2. The van der Waals surface area contributed by atoms with Gasteiger partial charge in [0.2, 0.25) is 0 Å². The van der Waals surface area contributed by atoms with E-state index in [0.717, 1.165) is 5.92 Å². The Kier molecular flexibility index (Phi) is 4.02. The maximum atomic E-state index is 3.45. The molecule has 1 fully saturated rings.